The van der Waals surface area contributed by atoms with Crippen LogP contribution >= 0.6 is 0 Å². The Kier molecular flexibility index (Phi) is 5.49. The second-order valence-corrected chi connectivity index (χ2v) is 7.34. The third-order valence-corrected chi connectivity index (χ3v) is 5.26. The average Bonchev–Trinajstić information content (AvgIpc) is 2.77. The highest BCUT2D eigenvalue weighted by molar-refractivity contribution is 5.97. The molecule has 0 amide bonds. The zero-order valence-electron chi connectivity index (χ0n) is 17.7. The lowest BCUT2D eigenvalue weighted by molar-refractivity contribution is -0.383. The number of rotatable bonds is 6. The van der Waals surface area contributed by atoms with Crippen molar-refractivity contribution in [1.29, 1.82) is 0 Å². The van der Waals surface area contributed by atoms with Gasteiger partial charge in [0.2, 0.25) is 11.6 Å². The molecule has 0 aliphatic rings. The minimum Gasteiger partial charge on any atom is -0.334 e. The van der Waals surface area contributed by atoms with E-state index in [0.717, 1.165) is 33.3 Å². The van der Waals surface area contributed by atoms with Gasteiger partial charge in [0.1, 0.15) is 6.33 Å². The van der Waals surface area contributed by atoms with Crippen molar-refractivity contribution < 1.29 is 4.92 Å². The average molecular weight is 413 g/mol. The van der Waals surface area contributed by atoms with Gasteiger partial charge >= 0.3 is 5.69 Å². The highest BCUT2D eigenvalue weighted by atomic mass is 16.6. The van der Waals surface area contributed by atoms with Crippen molar-refractivity contribution in [3.8, 4) is 0 Å². The molecule has 0 unspecified atom stereocenters. The first-order valence-electron chi connectivity index (χ1n) is 10.1. The third kappa shape index (κ3) is 3.90. The standard InChI is InChI=1S/C24H23N5O2/c1-4-28(21-11-7-9-18-8-5-6-10-19(18)21)24-22(29(30)31)23(25-15-26-24)27-20-14-16(2)12-13-17(20)3/h5-15H,4H2,1-3H3,(H,25,26,27). The Balaban J connectivity index is 1.87. The van der Waals surface area contributed by atoms with E-state index >= 15 is 0 Å². The summed E-state index contributed by atoms with van der Waals surface area (Å²) >= 11 is 0. The molecule has 0 radical (unpaired) electrons. The van der Waals surface area contributed by atoms with Gasteiger partial charge in [0, 0.05) is 17.6 Å². The predicted molar refractivity (Wildman–Crippen MR) is 125 cm³/mol. The molecule has 0 saturated heterocycles. The topological polar surface area (TPSA) is 84.2 Å². The van der Waals surface area contributed by atoms with Crippen LogP contribution in [0.15, 0.2) is 67.0 Å². The number of benzene rings is 3. The van der Waals surface area contributed by atoms with Crippen LogP contribution in [0.5, 0.6) is 0 Å². The molecule has 0 aliphatic carbocycles. The molecule has 0 spiro atoms. The Bertz CT molecular complexity index is 1270. The van der Waals surface area contributed by atoms with Crippen LogP contribution in [0.1, 0.15) is 18.1 Å². The number of anilines is 4. The van der Waals surface area contributed by atoms with E-state index in [0.29, 0.717) is 6.54 Å². The van der Waals surface area contributed by atoms with Crippen LogP contribution in [0.3, 0.4) is 0 Å². The van der Waals surface area contributed by atoms with Gasteiger partial charge in [-0.05, 0) is 49.4 Å². The Morgan fingerprint density at radius 2 is 1.81 bits per heavy atom. The van der Waals surface area contributed by atoms with Crippen LogP contribution in [-0.2, 0) is 0 Å². The number of hydrogen-bond acceptors (Lipinski definition) is 6. The van der Waals surface area contributed by atoms with Gasteiger partial charge in [0.25, 0.3) is 0 Å². The van der Waals surface area contributed by atoms with Gasteiger partial charge in [0.15, 0.2) is 0 Å². The smallest absolute Gasteiger partial charge is 0.334 e. The molecule has 156 valence electrons. The minimum atomic E-state index is -0.420. The summed E-state index contributed by atoms with van der Waals surface area (Å²) in [6.45, 7) is 6.38. The fraction of sp³-hybridized carbons (Fsp3) is 0.167. The minimum absolute atomic E-state index is 0.154. The Morgan fingerprint density at radius 3 is 2.58 bits per heavy atom. The fourth-order valence-corrected chi connectivity index (χ4v) is 3.70. The van der Waals surface area contributed by atoms with Gasteiger partial charge in [-0.3, -0.25) is 10.1 Å². The van der Waals surface area contributed by atoms with Gasteiger partial charge in [0.05, 0.1) is 10.6 Å². The van der Waals surface area contributed by atoms with Crippen LogP contribution in [0.4, 0.5) is 28.7 Å². The number of hydrogen-bond donors (Lipinski definition) is 1. The first-order chi connectivity index (χ1) is 15.0. The maximum absolute atomic E-state index is 12.2. The molecule has 1 heterocycles. The van der Waals surface area contributed by atoms with E-state index in [1.165, 1.54) is 6.33 Å². The molecule has 0 atom stereocenters. The maximum Gasteiger partial charge on any atom is 0.354 e. The van der Waals surface area contributed by atoms with E-state index in [1.807, 2.05) is 86.3 Å². The van der Waals surface area contributed by atoms with Crippen molar-refractivity contribution in [2.24, 2.45) is 0 Å². The second kappa shape index (κ2) is 8.39. The quantitative estimate of drug-likeness (QED) is 0.306. The summed E-state index contributed by atoms with van der Waals surface area (Å²) in [5.41, 5.74) is 3.51. The Hall–Kier alpha value is -4.00. The fourth-order valence-electron chi connectivity index (χ4n) is 3.70. The van der Waals surface area contributed by atoms with Gasteiger partial charge in [-0.2, -0.15) is 0 Å². The van der Waals surface area contributed by atoms with Gasteiger partial charge in [-0.25, -0.2) is 9.97 Å². The number of nitrogens with zero attached hydrogens (tertiary/aromatic N) is 4. The van der Waals surface area contributed by atoms with Crippen molar-refractivity contribution >= 4 is 39.5 Å². The number of aromatic nitrogens is 2. The van der Waals surface area contributed by atoms with E-state index in [4.69, 9.17) is 0 Å². The number of nitro groups is 1. The molecule has 7 heteroatoms. The van der Waals surface area contributed by atoms with Crippen molar-refractivity contribution in [1.82, 2.24) is 9.97 Å². The Morgan fingerprint density at radius 1 is 1.03 bits per heavy atom. The lowest BCUT2D eigenvalue weighted by Gasteiger charge is -2.24. The molecule has 0 bridgehead atoms. The van der Waals surface area contributed by atoms with Gasteiger partial charge < -0.3 is 10.2 Å². The SMILES string of the molecule is CCN(c1ncnc(Nc2cc(C)ccc2C)c1[N+](=O)[O-])c1cccc2ccccc12. The maximum atomic E-state index is 12.2. The van der Waals surface area contributed by atoms with Gasteiger partial charge in [-0.1, -0.05) is 48.5 Å². The summed E-state index contributed by atoms with van der Waals surface area (Å²) in [6.07, 6.45) is 1.36. The first kappa shape index (κ1) is 20.3. The van der Waals surface area contributed by atoms with Crippen LogP contribution < -0.4 is 10.2 Å². The zero-order valence-corrected chi connectivity index (χ0v) is 17.7. The summed E-state index contributed by atoms with van der Waals surface area (Å²) in [4.78, 5) is 22.1. The second-order valence-electron chi connectivity index (χ2n) is 7.34. The molecule has 4 aromatic rings. The van der Waals surface area contributed by atoms with Crippen LogP contribution in [0.25, 0.3) is 10.8 Å². The summed E-state index contributed by atoms with van der Waals surface area (Å²) in [5, 5.41) is 17.4. The number of nitrogens with one attached hydrogen (secondary N) is 1. The third-order valence-electron chi connectivity index (χ3n) is 5.26. The van der Waals surface area contributed by atoms with Crippen LogP contribution in [0, 0.1) is 24.0 Å². The number of fused-ring (bicyclic) bond motifs is 1. The summed E-state index contributed by atoms with van der Waals surface area (Å²) in [7, 11) is 0. The molecule has 1 aromatic heterocycles. The monoisotopic (exact) mass is 413 g/mol. The van der Waals surface area contributed by atoms with E-state index < -0.39 is 4.92 Å². The molecule has 0 saturated carbocycles. The molecular formula is C24H23N5O2. The molecule has 4 rings (SSSR count). The van der Waals surface area contributed by atoms with Crippen LogP contribution in [-0.4, -0.2) is 21.4 Å². The predicted octanol–water partition coefficient (Wildman–Crippen LogP) is 6.06. The van der Waals surface area contributed by atoms with E-state index in [1.54, 1.807) is 0 Å². The molecule has 3 aromatic carbocycles. The van der Waals surface area contributed by atoms with E-state index in [9.17, 15) is 10.1 Å². The Labute approximate surface area is 180 Å². The molecule has 7 nitrogen and oxygen atoms in total. The lowest BCUT2D eigenvalue weighted by atomic mass is 10.1. The van der Waals surface area contributed by atoms with E-state index in [-0.39, 0.29) is 17.3 Å². The number of aryl methyl sites for hydroxylation is 2. The normalized spacial score (nSPS) is 10.8. The zero-order chi connectivity index (χ0) is 22.0. The van der Waals surface area contributed by atoms with Crippen molar-refractivity contribution in [2.45, 2.75) is 20.8 Å². The van der Waals surface area contributed by atoms with Crippen LogP contribution in [0.2, 0.25) is 0 Å². The summed E-state index contributed by atoms with van der Waals surface area (Å²) < 4.78 is 0. The largest absolute Gasteiger partial charge is 0.354 e. The molecule has 0 fully saturated rings. The highest BCUT2D eigenvalue weighted by Gasteiger charge is 2.28. The lowest BCUT2D eigenvalue weighted by Crippen LogP contribution is -2.20. The summed E-state index contributed by atoms with van der Waals surface area (Å²) in [5.74, 6) is 0.425. The molecule has 1 N–H and O–H groups in total. The molecular weight excluding hydrogens is 390 g/mol. The molecule has 0 aliphatic heterocycles. The van der Waals surface area contributed by atoms with E-state index in [2.05, 4.69) is 15.3 Å². The first-order valence-corrected chi connectivity index (χ1v) is 10.1. The van der Waals surface area contributed by atoms with Gasteiger partial charge in [-0.15, -0.1) is 0 Å². The summed E-state index contributed by atoms with van der Waals surface area (Å²) in [6, 6.07) is 19.8. The van der Waals surface area contributed by atoms with Crippen molar-refractivity contribution in [3.63, 3.8) is 0 Å². The van der Waals surface area contributed by atoms with Crippen molar-refractivity contribution in [2.75, 3.05) is 16.8 Å². The highest BCUT2D eigenvalue weighted by Crippen LogP contribution is 2.39. The molecule has 31 heavy (non-hydrogen) atoms. The van der Waals surface area contributed by atoms with Crippen molar-refractivity contribution in [3.05, 3.63) is 88.2 Å².